The number of piperazine rings is 1. The lowest BCUT2D eigenvalue weighted by molar-refractivity contribution is -0.148. The van der Waals surface area contributed by atoms with Gasteiger partial charge in [0.25, 0.3) is 0 Å². The third-order valence-corrected chi connectivity index (χ3v) is 4.35. The molecule has 1 heterocycles. The van der Waals surface area contributed by atoms with E-state index in [0.29, 0.717) is 12.5 Å². The van der Waals surface area contributed by atoms with Crippen molar-refractivity contribution >= 4 is 5.91 Å². The largest absolute Gasteiger partial charge is 0.340 e. The number of rotatable bonds is 4. The molecule has 0 unspecified atom stereocenters. The predicted octanol–water partition coefficient (Wildman–Crippen LogP) is 0.670. The molecule has 0 aromatic carbocycles. The highest BCUT2D eigenvalue weighted by Crippen LogP contribution is 2.41. The van der Waals surface area contributed by atoms with Gasteiger partial charge in [-0.3, -0.25) is 9.69 Å². The van der Waals surface area contributed by atoms with E-state index in [-0.39, 0.29) is 5.41 Å². The molecular weight excluding hydrogens is 214 g/mol. The third kappa shape index (κ3) is 2.47. The molecule has 98 valence electrons. The lowest BCUT2D eigenvalue weighted by Gasteiger charge is -2.45. The molecule has 2 N–H and O–H groups in total. The van der Waals surface area contributed by atoms with Gasteiger partial charge in [-0.1, -0.05) is 13.3 Å². The van der Waals surface area contributed by atoms with Crippen molar-refractivity contribution in [2.45, 2.75) is 32.6 Å². The number of nitrogens with zero attached hydrogens (tertiary/aromatic N) is 2. The second-order valence-electron chi connectivity index (χ2n) is 5.47. The number of carbonyl (C=O) groups excluding carboxylic acids is 1. The Morgan fingerprint density at radius 2 is 1.88 bits per heavy atom. The average molecular weight is 239 g/mol. The van der Waals surface area contributed by atoms with E-state index in [1.54, 1.807) is 0 Å². The topological polar surface area (TPSA) is 49.6 Å². The zero-order valence-corrected chi connectivity index (χ0v) is 11.0. The summed E-state index contributed by atoms with van der Waals surface area (Å²) < 4.78 is 0. The lowest BCUT2D eigenvalue weighted by atomic mass is 9.67. The van der Waals surface area contributed by atoms with Crippen molar-refractivity contribution in [1.82, 2.24) is 9.80 Å². The Balaban J connectivity index is 1.86. The number of carbonyl (C=O) groups is 1. The number of hydrogen-bond acceptors (Lipinski definition) is 3. The van der Waals surface area contributed by atoms with E-state index < -0.39 is 0 Å². The molecule has 1 saturated carbocycles. The van der Waals surface area contributed by atoms with E-state index in [1.165, 1.54) is 12.8 Å². The fraction of sp³-hybridized carbons (Fsp3) is 0.923. The first-order chi connectivity index (χ1) is 8.22. The predicted molar refractivity (Wildman–Crippen MR) is 68.6 cm³/mol. The first-order valence-corrected chi connectivity index (χ1v) is 6.93. The lowest BCUT2D eigenvalue weighted by Crippen LogP contribution is -2.57. The second kappa shape index (κ2) is 5.36. The van der Waals surface area contributed by atoms with Gasteiger partial charge in [-0.15, -0.1) is 0 Å². The Morgan fingerprint density at radius 3 is 2.29 bits per heavy atom. The number of nitrogens with two attached hydrogens (primary N) is 1. The van der Waals surface area contributed by atoms with Gasteiger partial charge in [0, 0.05) is 32.7 Å². The highest BCUT2D eigenvalue weighted by atomic mass is 16.2. The van der Waals surface area contributed by atoms with Crippen LogP contribution in [0, 0.1) is 5.41 Å². The fourth-order valence-corrected chi connectivity index (χ4v) is 2.94. The van der Waals surface area contributed by atoms with Crippen molar-refractivity contribution < 1.29 is 4.79 Å². The van der Waals surface area contributed by atoms with Crippen LogP contribution in [0.3, 0.4) is 0 Å². The molecule has 1 aliphatic carbocycles. The van der Waals surface area contributed by atoms with Crippen molar-refractivity contribution in [1.29, 1.82) is 0 Å². The quantitative estimate of drug-likeness (QED) is 0.784. The van der Waals surface area contributed by atoms with Gasteiger partial charge in [-0.05, 0) is 25.8 Å². The maximum Gasteiger partial charge on any atom is 0.230 e. The molecule has 0 aromatic heterocycles. The van der Waals surface area contributed by atoms with Crippen LogP contribution in [0.4, 0.5) is 0 Å². The van der Waals surface area contributed by atoms with Gasteiger partial charge in [0.2, 0.25) is 5.91 Å². The number of amides is 1. The molecule has 2 rings (SSSR count). The van der Waals surface area contributed by atoms with Crippen LogP contribution in [0.5, 0.6) is 0 Å². The Hall–Kier alpha value is -0.610. The van der Waals surface area contributed by atoms with Crippen molar-refractivity contribution in [2.24, 2.45) is 11.1 Å². The Morgan fingerprint density at radius 1 is 1.24 bits per heavy atom. The van der Waals surface area contributed by atoms with E-state index in [9.17, 15) is 4.79 Å². The number of hydrogen-bond donors (Lipinski definition) is 1. The maximum atomic E-state index is 12.4. The highest BCUT2D eigenvalue weighted by Gasteiger charge is 2.45. The second-order valence-corrected chi connectivity index (χ2v) is 5.47. The monoisotopic (exact) mass is 239 g/mol. The smallest absolute Gasteiger partial charge is 0.230 e. The van der Waals surface area contributed by atoms with Crippen LogP contribution in [0.1, 0.15) is 32.6 Å². The molecule has 0 bridgehead atoms. The van der Waals surface area contributed by atoms with Gasteiger partial charge >= 0.3 is 0 Å². The summed E-state index contributed by atoms with van der Waals surface area (Å²) in [6.45, 7) is 7.72. The van der Waals surface area contributed by atoms with Crippen molar-refractivity contribution in [3.05, 3.63) is 0 Å². The van der Waals surface area contributed by atoms with Crippen LogP contribution < -0.4 is 5.73 Å². The van der Waals surface area contributed by atoms with Crippen LogP contribution in [0.25, 0.3) is 0 Å². The standard InChI is InChI=1S/C13H25N3O/c1-2-6-15-7-9-16(10-8-15)12(17)13(11-14)4-3-5-13/h2-11,14H2,1H3. The van der Waals surface area contributed by atoms with Crippen molar-refractivity contribution in [2.75, 3.05) is 39.3 Å². The fourth-order valence-electron chi connectivity index (χ4n) is 2.94. The highest BCUT2D eigenvalue weighted by molar-refractivity contribution is 5.84. The van der Waals surface area contributed by atoms with Crippen molar-refractivity contribution in [3.63, 3.8) is 0 Å². The normalized spacial score (nSPS) is 24.5. The van der Waals surface area contributed by atoms with Gasteiger partial charge in [-0.2, -0.15) is 0 Å². The van der Waals surface area contributed by atoms with Gasteiger partial charge in [0.15, 0.2) is 0 Å². The minimum Gasteiger partial charge on any atom is -0.340 e. The average Bonchev–Trinajstić information content (AvgIpc) is 2.29. The summed E-state index contributed by atoms with van der Waals surface area (Å²) in [5.74, 6) is 0.322. The van der Waals surface area contributed by atoms with Crippen LogP contribution in [0.2, 0.25) is 0 Å². The summed E-state index contributed by atoms with van der Waals surface area (Å²) in [6.07, 6.45) is 4.36. The maximum absolute atomic E-state index is 12.4. The van der Waals surface area contributed by atoms with E-state index in [2.05, 4.69) is 11.8 Å². The molecule has 2 aliphatic rings. The molecule has 17 heavy (non-hydrogen) atoms. The van der Waals surface area contributed by atoms with Crippen molar-refractivity contribution in [3.8, 4) is 0 Å². The SMILES string of the molecule is CCCN1CCN(C(=O)C2(CN)CCC2)CC1. The Bertz CT molecular complexity index is 262. The molecule has 0 spiro atoms. The van der Waals surface area contributed by atoms with E-state index >= 15 is 0 Å². The minimum atomic E-state index is -0.188. The molecule has 4 nitrogen and oxygen atoms in total. The molecule has 1 saturated heterocycles. The van der Waals surface area contributed by atoms with E-state index in [0.717, 1.165) is 45.6 Å². The molecule has 0 atom stereocenters. The first kappa shape index (κ1) is 12.8. The summed E-state index contributed by atoms with van der Waals surface area (Å²) in [7, 11) is 0. The van der Waals surface area contributed by atoms with Crippen LogP contribution in [0.15, 0.2) is 0 Å². The zero-order valence-electron chi connectivity index (χ0n) is 11.0. The molecule has 4 heteroatoms. The Labute approximate surface area is 104 Å². The Kier molecular flexibility index (Phi) is 4.05. The van der Waals surface area contributed by atoms with E-state index in [4.69, 9.17) is 5.73 Å². The zero-order chi connectivity index (χ0) is 12.3. The van der Waals surface area contributed by atoms with Crippen LogP contribution in [-0.4, -0.2) is 55.0 Å². The molecule has 0 aromatic rings. The molecular formula is C13H25N3O. The van der Waals surface area contributed by atoms with Crippen LogP contribution >= 0.6 is 0 Å². The minimum absolute atomic E-state index is 0.188. The first-order valence-electron chi connectivity index (χ1n) is 6.93. The van der Waals surface area contributed by atoms with E-state index in [1.807, 2.05) is 4.90 Å². The van der Waals surface area contributed by atoms with Gasteiger partial charge in [0.05, 0.1) is 5.41 Å². The summed E-state index contributed by atoms with van der Waals surface area (Å²) in [5, 5.41) is 0. The molecule has 2 fully saturated rings. The van der Waals surface area contributed by atoms with Gasteiger partial charge in [0.1, 0.15) is 0 Å². The summed E-state index contributed by atoms with van der Waals surface area (Å²) in [6, 6.07) is 0. The van der Waals surface area contributed by atoms with Gasteiger partial charge in [-0.25, -0.2) is 0 Å². The molecule has 1 aliphatic heterocycles. The molecule has 1 amide bonds. The summed E-state index contributed by atoms with van der Waals surface area (Å²) in [5.41, 5.74) is 5.61. The summed E-state index contributed by atoms with van der Waals surface area (Å²) >= 11 is 0. The van der Waals surface area contributed by atoms with Gasteiger partial charge < -0.3 is 10.6 Å². The summed E-state index contributed by atoms with van der Waals surface area (Å²) in [4.78, 5) is 16.9. The third-order valence-electron chi connectivity index (χ3n) is 4.35. The molecule has 0 radical (unpaired) electrons. The van der Waals surface area contributed by atoms with Crippen LogP contribution in [-0.2, 0) is 4.79 Å².